The van der Waals surface area contributed by atoms with Crippen molar-refractivity contribution in [3.8, 4) is 11.5 Å². The molecule has 1 N–H and O–H groups in total. The van der Waals surface area contributed by atoms with Crippen molar-refractivity contribution in [1.29, 1.82) is 0 Å². The van der Waals surface area contributed by atoms with Gasteiger partial charge in [-0.1, -0.05) is 42.5 Å². The summed E-state index contributed by atoms with van der Waals surface area (Å²) in [5.74, 6) is 0.992. The Hall–Kier alpha value is -4.39. The van der Waals surface area contributed by atoms with Gasteiger partial charge in [0.25, 0.3) is 11.6 Å². The van der Waals surface area contributed by atoms with Gasteiger partial charge in [0.05, 0.1) is 22.8 Å². The number of anilines is 1. The van der Waals surface area contributed by atoms with Gasteiger partial charge in [0, 0.05) is 22.6 Å². The Morgan fingerprint density at radius 3 is 2.50 bits per heavy atom. The lowest BCUT2D eigenvalue weighted by atomic mass is 10.1. The van der Waals surface area contributed by atoms with E-state index in [-0.39, 0.29) is 18.2 Å². The first-order valence-electron chi connectivity index (χ1n) is 10.9. The van der Waals surface area contributed by atoms with E-state index in [2.05, 4.69) is 5.32 Å². The average Bonchev–Trinajstić information content (AvgIpc) is 2.84. The number of hydrogen-bond donors (Lipinski definition) is 1. The highest BCUT2D eigenvalue weighted by atomic mass is 16.6. The Kier molecular flexibility index (Phi) is 6.73. The van der Waals surface area contributed by atoms with Crippen molar-refractivity contribution in [2.24, 2.45) is 0 Å². The predicted octanol–water partition coefficient (Wildman–Crippen LogP) is 6.29. The van der Waals surface area contributed by atoms with Gasteiger partial charge in [-0.15, -0.1) is 0 Å². The van der Waals surface area contributed by atoms with Crippen molar-refractivity contribution >= 4 is 28.1 Å². The number of carbonyl (C=O) groups excluding carboxylic acids is 1. The number of ether oxygens (including phenoxy) is 2. The van der Waals surface area contributed by atoms with Crippen molar-refractivity contribution in [2.75, 3.05) is 11.9 Å². The summed E-state index contributed by atoms with van der Waals surface area (Å²) in [6, 6.07) is 23.5. The minimum Gasteiger partial charge on any atom is -0.493 e. The maximum Gasteiger partial charge on any atom is 0.274 e. The summed E-state index contributed by atoms with van der Waals surface area (Å²) in [6.07, 6.45) is 0. The molecule has 1 amide bonds. The summed E-state index contributed by atoms with van der Waals surface area (Å²) in [7, 11) is 0. The maximum atomic E-state index is 13.0. The van der Waals surface area contributed by atoms with E-state index < -0.39 is 4.92 Å². The number of nitro benzene ring substituents is 1. The summed E-state index contributed by atoms with van der Waals surface area (Å²) in [6.45, 7) is 4.18. The topological polar surface area (TPSA) is 90.7 Å². The molecule has 34 heavy (non-hydrogen) atoms. The van der Waals surface area contributed by atoms with E-state index in [1.165, 1.54) is 6.07 Å². The Morgan fingerprint density at radius 1 is 0.941 bits per heavy atom. The van der Waals surface area contributed by atoms with E-state index in [0.29, 0.717) is 29.2 Å². The van der Waals surface area contributed by atoms with E-state index in [1.54, 1.807) is 37.3 Å². The molecule has 0 fully saturated rings. The molecule has 0 spiro atoms. The fourth-order valence-electron chi connectivity index (χ4n) is 3.76. The molecule has 0 aliphatic heterocycles. The number of fused-ring (bicyclic) bond motifs is 1. The summed E-state index contributed by atoms with van der Waals surface area (Å²) < 4.78 is 11.9. The van der Waals surface area contributed by atoms with E-state index in [4.69, 9.17) is 9.47 Å². The highest BCUT2D eigenvalue weighted by Crippen LogP contribution is 2.29. The lowest BCUT2D eigenvalue weighted by Crippen LogP contribution is -2.14. The third kappa shape index (κ3) is 4.83. The number of amides is 1. The first-order chi connectivity index (χ1) is 16.5. The molecule has 0 bridgehead atoms. The van der Waals surface area contributed by atoms with Gasteiger partial charge < -0.3 is 14.8 Å². The van der Waals surface area contributed by atoms with E-state index in [1.807, 2.05) is 49.4 Å². The highest BCUT2D eigenvalue weighted by Gasteiger charge is 2.17. The van der Waals surface area contributed by atoms with Gasteiger partial charge in [0.2, 0.25) is 0 Å². The lowest BCUT2D eigenvalue weighted by molar-refractivity contribution is -0.385. The average molecular weight is 456 g/mol. The van der Waals surface area contributed by atoms with Crippen LogP contribution in [0.2, 0.25) is 0 Å². The Morgan fingerprint density at radius 2 is 1.71 bits per heavy atom. The molecular formula is C27H24N2O5. The molecule has 4 rings (SSSR count). The zero-order chi connectivity index (χ0) is 24.1. The summed E-state index contributed by atoms with van der Waals surface area (Å²) in [5.41, 5.74) is 1.85. The van der Waals surface area contributed by atoms with Crippen LogP contribution in [0.4, 0.5) is 11.4 Å². The van der Waals surface area contributed by atoms with E-state index in [9.17, 15) is 14.9 Å². The molecule has 7 nitrogen and oxygen atoms in total. The monoisotopic (exact) mass is 456 g/mol. The molecule has 0 saturated carbocycles. The molecule has 0 atom stereocenters. The van der Waals surface area contributed by atoms with Crippen LogP contribution in [-0.2, 0) is 6.61 Å². The van der Waals surface area contributed by atoms with E-state index in [0.717, 1.165) is 22.1 Å². The molecule has 0 aliphatic rings. The van der Waals surface area contributed by atoms with Crippen molar-refractivity contribution in [2.45, 2.75) is 20.5 Å². The Labute approximate surface area is 197 Å². The van der Waals surface area contributed by atoms with Crippen molar-refractivity contribution in [3.63, 3.8) is 0 Å². The molecule has 0 radical (unpaired) electrons. The fourth-order valence-corrected chi connectivity index (χ4v) is 3.76. The number of nitro groups is 1. The fraction of sp³-hybridized carbons (Fsp3) is 0.148. The minimum atomic E-state index is -0.468. The van der Waals surface area contributed by atoms with Gasteiger partial charge in [0.15, 0.2) is 0 Å². The SMILES string of the molecule is CCOc1ccc(C(=O)Nc2cccc([N+](=O)[O-])c2C)cc1COc1cccc2ccccc12. The predicted molar refractivity (Wildman–Crippen MR) is 132 cm³/mol. The molecule has 0 aromatic heterocycles. The highest BCUT2D eigenvalue weighted by molar-refractivity contribution is 6.05. The number of hydrogen-bond acceptors (Lipinski definition) is 5. The smallest absolute Gasteiger partial charge is 0.274 e. The van der Waals surface area contributed by atoms with Crippen LogP contribution in [0.25, 0.3) is 10.8 Å². The molecule has 4 aromatic carbocycles. The van der Waals surface area contributed by atoms with Gasteiger partial charge >= 0.3 is 0 Å². The quantitative estimate of drug-likeness (QED) is 0.249. The van der Waals surface area contributed by atoms with Crippen LogP contribution in [0.5, 0.6) is 11.5 Å². The van der Waals surface area contributed by atoms with Crippen LogP contribution in [-0.4, -0.2) is 17.4 Å². The van der Waals surface area contributed by atoms with Gasteiger partial charge in [0.1, 0.15) is 18.1 Å². The zero-order valence-corrected chi connectivity index (χ0v) is 18.9. The second-order valence-corrected chi connectivity index (χ2v) is 7.68. The van der Waals surface area contributed by atoms with Gasteiger partial charge in [-0.25, -0.2) is 0 Å². The Balaban J connectivity index is 1.59. The lowest BCUT2D eigenvalue weighted by Gasteiger charge is -2.15. The normalized spacial score (nSPS) is 10.6. The van der Waals surface area contributed by atoms with Gasteiger partial charge in [-0.2, -0.15) is 0 Å². The molecule has 0 unspecified atom stereocenters. The zero-order valence-electron chi connectivity index (χ0n) is 18.9. The Bertz CT molecular complexity index is 1360. The second-order valence-electron chi connectivity index (χ2n) is 7.68. The number of nitrogens with one attached hydrogen (secondary N) is 1. The maximum absolute atomic E-state index is 13.0. The van der Waals surface area contributed by atoms with Crippen LogP contribution in [0, 0.1) is 17.0 Å². The first-order valence-corrected chi connectivity index (χ1v) is 10.9. The van der Waals surface area contributed by atoms with Gasteiger partial charge in [-0.3, -0.25) is 14.9 Å². The molecule has 7 heteroatoms. The standard InChI is InChI=1S/C27H24N2O5/c1-3-33-25-15-14-20(27(30)28-23-11-7-12-24(18(23)2)29(31)32)16-21(25)17-34-26-13-6-9-19-8-4-5-10-22(19)26/h4-16H,3,17H2,1-2H3,(H,28,30). The molecule has 172 valence electrons. The molecule has 0 saturated heterocycles. The minimum absolute atomic E-state index is 0.0475. The summed E-state index contributed by atoms with van der Waals surface area (Å²) in [5, 5.41) is 16.1. The van der Waals surface area contributed by atoms with Crippen LogP contribution in [0.3, 0.4) is 0 Å². The third-order valence-electron chi connectivity index (χ3n) is 5.51. The largest absolute Gasteiger partial charge is 0.493 e. The van der Waals surface area contributed by atoms with Crippen molar-refractivity contribution in [3.05, 3.63) is 106 Å². The second kappa shape index (κ2) is 10.0. The number of nitrogens with zero attached hydrogens (tertiary/aromatic N) is 1. The van der Waals surface area contributed by atoms with Crippen LogP contribution in [0.1, 0.15) is 28.4 Å². The van der Waals surface area contributed by atoms with Crippen LogP contribution >= 0.6 is 0 Å². The first kappa shape index (κ1) is 22.8. The van der Waals surface area contributed by atoms with Crippen molar-refractivity contribution in [1.82, 2.24) is 0 Å². The number of carbonyl (C=O) groups is 1. The number of benzene rings is 4. The molecule has 0 heterocycles. The van der Waals surface area contributed by atoms with Crippen molar-refractivity contribution < 1.29 is 19.2 Å². The van der Waals surface area contributed by atoms with Gasteiger partial charge in [-0.05, 0) is 49.6 Å². The molecule has 4 aromatic rings. The summed E-state index contributed by atoms with van der Waals surface area (Å²) >= 11 is 0. The van der Waals surface area contributed by atoms with E-state index >= 15 is 0 Å². The number of rotatable bonds is 8. The molecule has 0 aliphatic carbocycles. The molecular weight excluding hydrogens is 432 g/mol. The van der Waals surface area contributed by atoms with Crippen LogP contribution < -0.4 is 14.8 Å². The summed E-state index contributed by atoms with van der Waals surface area (Å²) in [4.78, 5) is 23.7. The van der Waals surface area contributed by atoms with Crippen LogP contribution in [0.15, 0.2) is 78.9 Å². The third-order valence-corrected chi connectivity index (χ3v) is 5.51.